The molecule has 1 aliphatic carbocycles. The van der Waals surface area contributed by atoms with Gasteiger partial charge in [-0.2, -0.15) is 0 Å². The summed E-state index contributed by atoms with van der Waals surface area (Å²) in [7, 11) is 1.59. The minimum atomic E-state index is -0.240. The first-order valence-electron chi connectivity index (χ1n) is 7.62. The maximum absolute atomic E-state index is 12.5. The molecule has 22 heavy (non-hydrogen) atoms. The highest BCUT2D eigenvalue weighted by Crippen LogP contribution is 2.28. The summed E-state index contributed by atoms with van der Waals surface area (Å²) < 4.78 is 10.7. The number of ether oxygens (including phenoxy) is 1. The zero-order valence-corrected chi connectivity index (χ0v) is 12.9. The second-order valence-corrected chi connectivity index (χ2v) is 5.65. The van der Waals surface area contributed by atoms with Crippen molar-refractivity contribution in [3.05, 3.63) is 40.8 Å². The van der Waals surface area contributed by atoms with Crippen LogP contribution >= 0.6 is 0 Å². The Balaban J connectivity index is 1.86. The van der Waals surface area contributed by atoms with Crippen LogP contribution in [-0.4, -0.2) is 18.2 Å². The average Bonchev–Trinajstić information content (AvgIpc) is 2.77. The Hall–Kier alpha value is -2.30. The molecule has 0 fully saturated rings. The number of anilines is 1. The quantitative estimate of drug-likeness (QED) is 0.881. The molecule has 0 saturated carbocycles. The molecule has 1 aromatic heterocycles. The molecule has 3 rings (SSSR count). The van der Waals surface area contributed by atoms with Crippen LogP contribution in [-0.2, 0) is 12.8 Å². The van der Waals surface area contributed by atoms with Gasteiger partial charge >= 0.3 is 0 Å². The molecule has 0 aliphatic heterocycles. The smallest absolute Gasteiger partial charge is 0.278 e. The van der Waals surface area contributed by atoms with Crippen LogP contribution in [0.2, 0.25) is 0 Å². The number of aromatic nitrogens is 1. The molecule has 2 aromatic rings. The fourth-order valence-electron chi connectivity index (χ4n) is 2.84. The van der Waals surface area contributed by atoms with E-state index in [9.17, 15) is 4.79 Å². The van der Waals surface area contributed by atoms with Crippen molar-refractivity contribution in [1.82, 2.24) is 5.16 Å². The van der Waals surface area contributed by atoms with Gasteiger partial charge in [0.2, 0.25) is 0 Å². The lowest BCUT2D eigenvalue weighted by Gasteiger charge is -2.10. The number of benzene rings is 1. The lowest BCUT2D eigenvalue weighted by molar-refractivity contribution is 0.101. The summed E-state index contributed by atoms with van der Waals surface area (Å²) in [4.78, 5) is 12.5. The van der Waals surface area contributed by atoms with Gasteiger partial charge in [-0.05, 0) is 43.9 Å². The monoisotopic (exact) mass is 300 g/mol. The van der Waals surface area contributed by atoms with Crippen LogP contribution in [0.1, 0.15) is 46.6 Å². The number of aryl methyl sites for hydroxylation is 2. The van der Waals surface area contributed by atoms with E-state index in [1.54, 1.807) is 7.11 Å². The molecule has 1 N–H and O–H groups in total. The van der Waals surface area contributed by atoms with E-state index in [2.05, 4.69) is 10.5 Å². The maximum atomic E-state index is 12.5. The van der Waals surface area contributed by atoms with Gasteiger partial charge in [-0.25, -0.2) is 0 Å². The van der Waals surface area contributed by atoms with E-state index in [4.69, 9.17) is 9.26 Å². The highest BCUT2D eigenvalue weighted by Gasteiger charge is 2.23. The molecule has 0 atom stereocenters. The zero-order chi connectivity index (χ0) is 15.5. The van der Waals surface area contributed by atoms with Crippen LogP contribution in [0.15, 0.2) is 22.7 Å². The van der Waals surface area contributed by atoms with Gasteiger partial charge in [0.15, 0.2) is 5.69 Å². The van der Waals surface area contributed by atoms with Crippen molar-refractivity contribution >= 4 is 11.6 Å². The number of fused-ring (bicyclic) bond motifs is 1. The van der Waals surface area contributed by atoms with Crippen LogP contribution in [0.3, 0.4) is 0 Å². The van der Waals surface area contributed by atoms with Gasteiger partial charge < -0.3 is 14.6 Å². The van der Waals surface area contributed by atoms with Crippen LogP contribution in [0.25, 0.3) is 0 Å². The van der Waals surface area contributed by atoms with E-state index in [-0.39, 0.29) is 5.91 Å². The lowest BCUT2D eigenvalue weighted by Crippen LogP contribution is -2.15. The summed E-state index contributed by atoms with van der Waals surface area (Å²) >= 11 is 0. The van der Waals surface area contributed by atoms with Gasteiger partial charge in [-0.3, -0.25) is 4.79 Å². The van der Waals surface area contributed by atoms with Gasteiger partial charge in [-0.15, -0.1) is 0 Å². The fraction of sp³-hybridized carbons (Fsp3) is 0.412. The Labute approximate surface area is 129 Å². The number of methoxy groups -OCH3 is 1. The molecular weight excluding hydrogens is 280 g/mol. The highest BCUT2D eigenvalue weighted by atomic mass is 16.5. The number of carbonyl (C=O) groups excluding carboxylic acids is 1. The minimum absolute atomic E-state index is 0.240. The second kappa shape index (κ2) is 6.22. The van der Waals surface area contributed by atoms with Crippen LogP contribution < -0.4 is 10.1 Å². The Bertz CT molecular complexity index is 691. The van der Waals surface area contributed by atoms with Crippen LogP contribution in [0, 0.1) is 6.92 Å². The highest BCUT2D eigenvalue weighted by molar-refractivity contribution is 6.04. The summed E-state index contributed by atoms with van der Waals surface area (Å²) in [5.41, 5.74) is 3.06. The van der Waals surface area contributed by atoms with Crippen LogP contribution in [0.5, 0.6) is 5.75 Å². The third-order valence-corrected chi connectivity index (χ3v) is 4.02. The molecule has 1 amide bonds. The molecule has 0 spiro atoms. The first-order chi connectivity index (χ1) is 10.7. The van der Waals surface area contributed by atoms with Crippen molar-refractivity contribution in [1.29, 1.82) is 0 Å². The maximum Gasteiger partial charge on any atom is 0.278 e. The van der Waals surface area contributed by atoms with Crippen molar-refractivity contribution in [3.63, 3.8) is 0 Å². The van der Waals surface area contributed by atoms with E-state index >= 15 is 0 Å². The zero-order valence-electron chi connectivity index (χ0n) is 12.9. The molecule has 116 valence electrons. The molecule has 0 radical (unpaired) electrons. The Morgan fingerprint density at radius 3 is 2.91 bits per heavy atom. The van der Waals surface area contributed by atoms with Gasteiger partial charge in [0.05, 0.1) is 12.8 Å². The molecule has 1 heterocycles. The van der Waals surface area contributed by atoms with E-state index in [0.717, 1.165) is 49.0 Å². The normalized spacial score (nSPS) is 14.1. The number of hydrogen-bond acceptors (Lipinski definition) is 4. The van der Waals surface area contributed by atoms with Crippen molar-refractivity contribution in [3.8, 4) is 5.75 Å². The van der Waals surface area contributed by atoms with E-state index < -0.39 is 0 Å². The summed E-state index contributed by atoms with van der Waals surface area (Å²) in [5, 5.41) is 6.87. The predicted molar refractivity (Wildman–Crippen MR) is 83.4 cm³/mol. The molecule has 0 bridgehead atoms. The number of amides is 1. The van der Waals surface area contributed by atoms with E-state index in [1.165, 1.54) is 0 Å². The minimum Gasteiger partial charge on any atom is -0.495 e. The van der Waals surface area contributed by atoms with Crippen molar-refractivity contribution < 1.29 is 14.1 Å². The number of carbonyl (C=O) groups is 1. The lowest BCUT2D eigenvalue weighted by atomic mass is 10.1. The van der Waals surface area contributed by atoms with E-state index in [0.29, 0.717) is 17.1 Å². The van der Waals surface area contributed by atoms with E-state index in [1.807, 2.05) is 25.1 Å². The number of nitrogens with one attached hydrogen (secondary N) is 1. The van der Waals surface area contributed by atoms with Crippen molar-refractivity contribution in [2.75, 3.05) is 12.4 Å². The number of nitrogens with zero attached hydrogens (tertiary/aromatic N) is 1. The topological polar surface area (TPSA) is 64.4 Å². The summed E-state index contributed by atoms with van der Waals surface area (Å²) in [6.07, 6.45) is 5.05. The number of hydrogen-bond donors (Lipinski definition) is 1. The molecule has 0 saturated heterocycles. The van der Waals surface area contributed by atoms with Gasteiger partial charge in [-0.1, -0.05) is 17.6 Å². The molecule has 1 aromatic carbocycles. The summed E-state index contributed by atoms with van der Waals surface area (Å²) in [6.45, 7) is 1.97. The molecule has 5 heteroatoms. The SMILES string of the molecule is COc1ccc(C)cc1NC(=O)c1noc2c1CCCCC2. The van der Waals surface area contributed by atoms with Gasteiger partial charge in [0, 0.05) is 12.0 Å². The van der Waals surface area contributed by atoms with Crippen molar-refractivity contribution in [2.24, 2.45) is 0 Å². The first-order valence-corrected chi connectivity index (χ1v) is 7.62. The fourth-order valence-corrected chi connectivity index (χ4v) is 2.84. The van der Waals surface area contributed by atoms with Gasteiger partial charge in [0.1, 0.15) is 11.5 Å². The number of rotatable bonds is 3. The average molecular weight is 300 g/mol. The summed E-state index contributed by atoms with van der Waals surface area (Å²) in [5.74, 6) is 1.25. The molecule has 5 nitrogen and oxygen atoms in total. The van der Waals surface area contributed by atoms with Gasteiger partial charge in [0.25, 0.3) is 5.91 Å². The first kappa shape index (κ1) is 14.6. The largest absolute Gasteiger partial charge is 0.495 e. The molecule has 1 aliphatic rings. The Morgan fingerprint density at radius 2 is 2.09 bits per heavy atom. The Morgan fingerprint density at radius 1 is 1.27 bits per heavy atom. The molecule has 0 unspecified atom stereocenters. The summed E-state index contributed by atoms with van der Waals surface area (Å²) in [6, 6.07) is 5.67. The third-order valence-electron chi connectivity index (χ3n) is 4.02. The molecular formula is C17H20N2O3. The second-order valence-electron chi connectivity index (χ2n) is 5.65. The van der Waals surface area contributed by atoms with Crippen molar-refractivity contribution in [2.45, 2.75) is 39.0 Å². The predicted octanol–water partition coefficient (Wildman–Crippen LogP) is 3.51. The third kappa shape index (κ3) is 2.84. The Kier molecular flexibility index (Phi) is 4.13. The standard InChI is InChI=1S/C17H20N2O3/c1-11-8-9-15(21-2)13(10-11)18-17(20)16-12-6-4-3-5-7-14(12)22-19-16/h8-10H,3-7H2,1-2H3,(H,18,20). The van der Waals surface area contributed by atoms with Crippen LogP contribution in [0.4, 0.5) is 5.69 Å².